The number of aliphatic hydroxyl groups excluding tert-OH is 1. The van der Waals surface area contributed by atoms with Gasteiger partial charge in [-0.25, -0.2) is 0 Å². The second-order valence-corrected chi connectivity index (χ2v) is 8.93. The van der Waals surface area contributed by atoms with Crippen LogP contribution in [0.3, 0.4) is 0 Å². The molecule has 1 spiro atoms. The van der Waals surface area contributed by atoms with Crippen LogP contribution < -0.4 is 5.32 Å². The third-order valence-electron chi connectivity index (χ3n) is 7.13. The molecular weight excluding hydrogens is 450 g/mol. The first kappa shape index (κ1) is 21.4. The molecule has 1 saturated heterocycles. The molecule has 1 fully saturated rings. The summed E-state index contributed by atoms with van der Waals surface area (Å²) < 4.78 is 11.0. The normalized spacial score (nSPS) is 22.8. The lowest BCUT2D eigenvalue weighted by Gasteiger charge is -2.38. The number of aliphatic hydroxyl groups is 1. The van der Waals surface area contributed by atoms with Crippen molar-refractivity contribution in [2.75, 3.05) is 25.0 Å². The number of likely N-dealkylation sites (tertiary alicyclic amines) is 1. The maximum atomic E-state index is 13.8. The number of Topliss-reactive ketones (excluding diaryl/α,β-unsaturated/α-hetero) is 1. The minimum absolute atomic E-state index is 0.0348. The molecule has 2 aromatic heterocycles. The van der Waals surface area contributed by atoms with Crippen LogP contribution in [0, 0.1) is 0 Å². The van der Waals surface area contributed by atoms with E-state index in [0.717, 1.165) is 25.9 Å². The average Bonchev–Trinajstić information content (AvgIpc) is 3.69. The van der Waals surface area contributed by atoms with Crippen LogP contribution in [-0.4, -0.2) is 52.1 Å². The Kier molecular flexibility index (Phi) is 4.89. The monoisotopic (exact) mass is 473 g/mol. The Morgan fingerprint density at radius 2 is 1.77 bits per heavy atom. The van der Waals surface area contributed by atoms with E-state index >= 15 is 0 Å². The third kappa shape index (κ3) is 3.01. The standard InChI is InChI=1S/C26H23N3O6/c30-22(20-10-6-14-35-20)21-23(31)24(32)29(26(21)16-7-1-2-8-17(16)27-25(26)33)15-18(19-9-5-13-34-19)28-11-3-4-12-28/h1-2,5-10,13-14,18,31H,3-4,11-12,15H2,(H,27,33). The molecule has 35 heavy (non-hydrogen) atoms. The first-order valence-corrected chi connectivity index (χ1v) is 11.6. The molecule has 0 bridgehead atoms. The van der Waals surface area contributed by atoms with Crippen molar-refractivity contribution in [2.45, 2.75) is 24.4 Å². The SMILES string of the molecule is O=C(C1=C(O)C(=O)N(CC(c2ccco2)N2CCCC2)C12C(=O)Nc1ccccc12)c1ccco1. The topological polar surface area (TPSA) is 116 Å². The number of ketones is 1. The Morgan fingerprint density at radius 3 is 2.49 bits per heavy atom. The predicted molar refractivity (Wildman–Crippen MR) is 123 cm³/mol. The van der Waals surface area contributed by atoms with Crippen LogP contribution in [0.1, 0.15) is 40.8 Å². The van der Waals surface area contributed by atoms with Crippen LogP contribution in [-0.2, 0) is 15.1 Å². The van der Waals surface area contributed by atoms with Gasteiger partial charge in [-0.2, -0.15) is 0 Å². The molecule has 3 aliphatic heterocycles. The van der Waals surface area contributed by atoms with Crippen molar-refractivity contribution in [1.82, 2.24) is 9.80 Å². The molecule has 3 aromatic rings. The minimum atomic E-state index is -1.84. The van der Waals surface area contributed by atoms with E-state index in [1.807, 2.05) is 6.07 Å². The fourth-order valence-electron chi connectivity index (χ4n) is 5.57. The number of carbonyl (C=O) groups excluding carboxylic acids is 3. The molecule has 6 rings (SSSR count). The first-order chi connectivity index (χ1) is 17.0. The van der Waals surface area contributed by atoms with Gasteiger partial charge in [-0.1, -0.05) is 18.2 Å². The predicted octanol–water partition coefficient (Wildman–Crippen LogP) is 3.39. The number of carbonyl (C=O) groups is 3. The van der Waals surface area contributed by atoms with Gasteiger partial charge in [-0.3, -0.25) is 19.3 Å². The summed E-state index contributed by atoms with van der Waals surface area (Å²) in [7, 11) is 0. The first-order valence-electron chi connectivity index (χ1n) is 11.6. The zero-order valence-electron chi connectivity index (χ0n) is 18.8. The molecule has 1 aromatic carbocycles. The Hall–Kier alpha value is -4.11. The largest absolute Gasteiger partial charge is 0.503 e. The zero-order valence-corrected chi connectivity index (χ0v) is 18.8. The molecule has 2 atom stereocenters. The van der Waals surface area contributed by atoms with E-state index in [1.165, 1.54) is 23.3 Å². The molecule has 9 nitrogen and oxygen atoms in total. The summed E-state index contributed by atoms with van der Waals surface area (Å²) in [5.74, 6) is -2.26. The van der Waals surface area contributed by atoms with Gasteiger partial charge >= 0.3 is 0 Å². The van der Waals surface area contributed by atoms with Gasteiger partial charge < -0.3 is 24.2 Å². The summed E-state index contributed by atoms with van der Waals surface area (Å²) in [4.78, 5) is 44.5. The Balaban J connectivity index is 1.53. The van der Waals surface area contributed by atoms with Gasteiger partial charge in [0.1, 0.15) is 5.76 Å². The molecular formula is C26H23N3O6. The van der Waals surface area contributed by atoms with E-state index in [1.54, 1.807) is 36.6 Å². The summed E-state index contributed by atoms with van der Waals surface area (Å²) >= 11 is 0. The lowest BCUT2D eigenvalue weighted by molar-refractivity contribution is -0.140. The molecule has 9 heteroatoms. The van der Waals surface area contributed by atoms with E-state index in [4.69, 9.17) is 8.83 Å². The van der Waals surface area contributed by atoms with Crippen LogP contribution in [0.15, 0.2) is 81.2 Å². The van der Waals surface area contributed by atoms with Crippen molar-refractivity contribution in [3.05, 3.63) is 89.5 Å². The van der Waals surface area contributed by atoms with Crippen LogP contribution in [0.5, 0.6) is 0 Å². The molecule has 2 unspecified atom stereocenters. The maximum absolute atomic E-state index is 13.8. The van der Waals surface area contributed by atoms with E-state index in [0.29, 0.717) is 17.0 Å². The van der Waals surface area contributed by atoms with Crippen LogP contribution in [0.25, 0.3) is 0 Å². The lowest BCUT2D eigenvalue weighted by Crippen LogP contribution is -2.54. The number of furan rings is 2. The fourth-order valence-corrected chi connectivity index (χ4v) is 5.57. The van der Waals surface area contributed by atoms with Gasteiger partial charge in [0.05, 0.1) is 24.1 Å². The van der Waals surface area contributed by atoms with Gasteiger partial charge in [0.15, 0.2) is 17.1 Å². The number of para-hydroxylation sites is 1. The molecule has 0 saturated carbocycles. The lowest BCUT2D eigenvalue weighted by atomic mass is 9.81. The second kappa shape index (κ2) is 7.99. The van der Waals surface area contributed by atoms with Gasteiger partial charge in [0.25, 0.3) is 11.8 Å². The highest BCUT2D eigenvalue weighted by Crippen LogP contribution is 2.52. The van der Waals surface area contributed by atoms with E-state index < -0.39 is 28.9 Å². The van der Waals surface area contributed by atoms with Crippen molar-refractivity contribution in [3.63, 3.8) is 0 Å². The number of hydrogen-bond donors (Lipinski definition) is 2. The van der Waals surface area contributed by atoms with E-state index in [2.05, 4.69) is 10.2 Å². The highest BCUT2D eigenvalue weighted by molar-refractivity contribution is 6.25. The summed E-state index contributed by atoms with van der Waals surface area (Å²) in [6, 6.07) is 13.1. The van der Waals surface area contributed by atoms with Crippen LogP contribution >= 0.6 is 0 Å². The Bertz CT molecular complexity index is 1340. The maximum Gasteiger partial charge on any atom is 0.290 e. The number of amides is 2. The number of anilines is 1. The Labute approximate surface area is 200 Å². The summed E-state index contributed by atoms with van der Waals surface area (Å²) in [6.45, 7) is 1.65. The molecule has 2 amide bonds. The van der Waals surface area contributed by atoms with Crippen molar-refractivity contribution in [3.8, 4) is 0 Å². The Morgan fingerprint density at radius 1 is 1.03 bits per heavy atom. The van der Waals surface area contributed by atoms with Crippen molar-refractivity contribution < 1.29 is 28.3 Å². The molecule has 5 heterocycles. The van der Waals surface area contributed by atoms with Crippen molar-refractivity contribution in [1.29, 1.82) is 0 Å². The highest BCUT2D eigenvalue weighted by Gasteiger charge is 2.64. The average molecular weight is 473 g/mol. The molecule has 2 N–H and O–H groups in total. The summed E-state index contributed by atoms with van der Waals surface area (Å²) in [5.41, 5.74) is -1.24. The van der Waals surface area contributed by atoms with Crippen LogP contribution in [0.4, 0.5) is 5.69 Å². The molecule has 0 radical (unpaired) electrons. The minimum Gasteiger partial charge on any atom is -0.503 e. The number of nitrogens with one attached hydrogen (secondary N) is 1. The van der Waals surface area contributed by atoms with Gasteiger partial charge in [0.2, 0.25) is 5.78 Å². The number of fused-ring (bicyclic) bond motifs is 2. The smallest absolute Gasteiger partial charge is 0.290 e. The fraction of sp³-hybridized carbons (Fsp3) is 0.269. The van der Waals surface area contributed by atoms with Gasteiger partial charge in [-0.15, -0.1) is 0 Å². The molecule has 178 valence electrons. The van der Waals surface area contributed by atoms with Crippen molar-refractivity contribution >= 4 is 23.3 Å². The zero-order chi connectivity index (χ0) is 24.2. The van der Waals surface area contributed by atoms with Gasteiger partial charge in [-0.05, 0) is 56.3 Å². The van der Waals surface area contributed by atoms with E-state index in [9.17, 15) is 19.5 Å². The van der Waals surface area contributed by atoms with Crippen molar-refractivity contribution in [2.24, 2.45) is 0 Å². The summed E-state index contributed by atoms with van der Waals surface area (Å²) in [5, 5.41) is 13.9. The molecule has 0 aliphatic carbocycles. The second-order valence-electron chi connectivity index (χ2n) is 8.93. The third-order valence-corrected chi connectivity index (χ3v) is 7.13. The number of hydrogen-bond acceptors (Lipinski definition) is 7. The van der Waals surface area contributed by atoms with E-state index in [-0.39, 0.29) is 23.9 Å². The molecule has 3 aliphatic rings. The number of benzene rings is 1. The quantitative estimate of drug-likeness (QED) is 0.527. The van der Waals surface area contributed by atoms with Gasteiger partial charge in [0, 0.05) is 17.8 Å². The summed E-state index contributed by atoms with van der Waals surface area (Å²) in [6.07, 6.45) is 4.91. The number of rotatable bonds is 6. The number of nitrogens with zero attached hydrogens (tertiary/aromatic N) is 2. The van der Waals surface area contributed by atoms with Crippen LogP contribution in [0.2, 0.25) is 0 Å². The highest BCUT2D eigenvalue weighted by atomic mass is 16.3.